The molecule has 1 aromatic heterocycles. The second-order valence-electron chi connectivity index (χ2n) is 5.99. The zero-order valence-corrected chi connectivity index (χ0v) is 16.6. The van der Waals surface area contributed by atoms with Crippen LogP contribution in [0.2, 0.25) is 0 Å². The van der Waals surface area contributed by atoms with Crippen molar-refractivity contribution in [3.05, 3.63) is 54.0 Å². The third-order valence-electron chi connectivity index (χ3n) is 4.09. The van der Waals surface area contributed by atoms with Gasteiger partial charge in [0.2, 0.25) is 0 Å². The highest BCUT2D eigenvalue weighted by Gasteiger charge is 2.32. The van der Waals surface area contributed by atoms with Crippen LogP contribution in [0.4, 0.5) is 15.9 Å². The van der Waals surface area contributed by atoms with Gasteiger partial charge in [0.15, 0.2) is 0 Å². The standard InChI is InChI=1S/C16H16FIN4O5/c1-20-13(19-11-4-3-8(18)5-10(11)17)12(14(24)21(2)16(20)26)15(25)22-6-9(23)7-27-22/h3-5,9,19,23H,6-7H2,1-2H3. The van der Waals surface area contributed by atoms with Crippen LogP contribution in [0.15, 0.2) is 27.8 Å². The van der Waals surface area contributed by atoms with Crippen LogP contribution >= 0.6 is 22.6 Å². The first-order chi connectivity index (χ1) is 12.7. The van der Waals surface area contributed by atoms with Gasteiger partial charge in [0.25, 0.3) is 11.5 Å². The smallest absolute Gasteiger partial charge is 0.332 e. The Balaban J connectivity index is 2.15. The lowest BCUT2D eigenvalue weighted by Gasteiger charge is -2.19. The lowest BCUT2D eigenvalue weighted by molar-refractivity contribution is -0.0780. The Hall–Kier alpha value is -2.25. The molecule has 2 N–H and O–H groups in total. The minimum atomic E-state index is -0.879. The third kappa shape index (κ3) is 3.61. The number of aliphatic hydroxyl groups is 1. The van der Waals surface area contributed by atoms with Crippen LogP contribution in [0, 0.1) is 9.39 Å². The molecule has 11 heteroatoms. The number of nitrogens with zero attached hydrogens (tertiary/aromatic N) is 3. The average Bonchev–Trinajstić information content (AvgIpc) is 3.06. The van der Waals surface area contributed by atoms with Crippen LogP contribution in [-0.2, 0) is 18.9 Å². The average molecular weight is 490 g/mol. The Morgan fingerprint density at radius 1 is 1.33 bits per heavy atom. The fourth-order valence-electron chi connectivity index (χ4n) is 2.64. The third-order valence-corrected chi connectivity index (χ3v) is 4.76. The van der Waals surface area contributed by atoms with E-state index in [0.29, 0.717) is 3.57 Å². The van der Waals surface area contributed by atoms with Gasteiger partial charge in [-0.05, 0) is 40.8 Å². The number of amides is 1. The summed E-state index contributed by atoms with van der Waals surface area (Å²) in [4.78, 5) is 42.8. The number of rotatable bonds is 3. The molecule has 1 unspecified atom stereocenters. The van der Waals surface area contributed by atoms with Crippen molar-refractivity contribution in [2.45, 2.75) is 6.10 Å². The van der Waals surface area contributed by atoms with Crippen LogP contribution in [0.3, 0.4) is 0 Å². The SMILES string of the molecule is Cn1c(Nc2ccc(I)cc2F)c(C(=O)N2CC(O)CO2)c(=O)n(C)c1=O. The molecule has 1 amide bonds. The van der Waals surface area contributed by atoms with E-state index in [9.17, 15) is 23.9 Å². The number of carbonyl (C=O) groups is 1. The molecule has 0 saturated carbocycles. The Morgan fingerprint density at radius 2 is 2.04 bits per heavy atom. The zero-order valence-electron chi connectivity index (χ0n) is 14.4. The Kier molecular flexibility index (Phi) is 5.35. The van der Waals surface area contributed by atoms with Crippen molar-refractivity contribution in [1.82, 2.24) is 14.2 Å². The van der Waals surface area contributed by atoms with Crippen molar-refractivity contribution in [2.24, 2.45) is 14.1 Å². The van der Waals surface area contributed by atoms with Crippen molar-refractivity contribution in [3.63, 3.8) is 0 Å². The highest BCUT2D eigenvalue weighted by molar-refractivity contribution is 14.1. The molecule has 0 aliphatic carbocycles. The van der Waals surface area contributed by atoms with E-state index in [4.69, 9.17) is 4.84 Å². The number of hydrogen-bond donors (Lipinski definition) is 2. The van der Waals surface area contributed by atoms with E-state index in [2.05, 4.69) is 5.32 Å². The van der Waals surface area contributed by atoms with Crippen molar-refractivity contribution in [1.29, 1.82) is 0 Å². The minimum Gasteiger partial charge on any atom is -0.389 e. The number of β-amino-alcohol motifs (C(OH)–C–C–N with tert-alkyl or cyclic N) is 1. The maximum atomic E-state index is 14.2. The fraction of sp³-hybridized carbons (Fsp3) is 0.312. The van der Waals surface area contributed by atoms with Crippen molar-refractivity contribution in [2.75, 3.05) is 18.5 Å². The summed E-state index contributed by atoms with van der Waals surface area (Å²) in [5, 5.41) is 13.1. The van der Waals surface area contributed by atoms with Crippen LogP contribution < -0.4 is 16.6 Å². The minimum absolute atomic E-state index is 0.00454. The van der Waals surface area contributed by atoms with Crippen molar-refractivity contribution >= 4 is 40.0 Å². The Bertz CT molecular complexity index is 1030. The second kappa shape index (κ2) is 7.40. The fourth-order valence-corrected chi connectivity index (χ4v) is 3.09. The molecule has 2 aromatic rings. The van der Waals surface area contributed by atoms with E-state index in [1.54, 1.807) is 6.07 Å². The lowest BCUT2D eigenvalue weighted by Crippen LogP contribution is -2.44. The highest BCUT2D eigenvalue weighted by atomic mass is 127. The van der Waals surface area contributed by atoms with Crippen LogP contribution in [0.25, 0.3) is 0 Å². The Morgan fingerprint density at radius 3 is 2.63 bits per heavy atom. The number of anilines is 2. The van der Waals surface area contributed by atoms with Gasteiger partial charge in [-0.25, -0.2) is 14.2 Å². The number of aromatic nitrogens is 2. The van der Waals surface area contributed by atoms with E-state index < -0.39 is 34.6 Å². The first-order valence-corrected chi connectivity index (χ1v) is 8.93. The molecular formula is C16H16FIN4O5. The number of hydrogen-bond acceptors (Lipinski definition) is 6. The predicted molar refractivity (Wildman–Crippen MR) is 102 cm³/mol. The first-order valence-electron chi connectivity index (χ1n) is 7.85. The van der Waals surface area contributed by atoms with Crippen LogP contribution in [0.1, 0.15) is 10.4 Å². The summed E-state index contributed by atoms with van der Waals surface area (Å²) >= 11 is 1.94. The molecule has 0 spiro atoms. The molecule has 2 heterocycles. The summed E-state index contributed by atoms with van der Waals surface area (Å²) in [5.41, 5.74) is -1.95. The molecule has 3 rings (SSSR count). The van der Waals surface area contributed by atoms with E-state index >= 15 is 0 Å². The van der Waals surface area contributed by atoms with E-state index in [-0.39, 0.29) is 24.7 Å². The molecule has 1 saturated heterocycles. The molecular weight excluding hydrogens is 474 g/mol. The quantitative estimate of drug-likeness (QED) is 0.601. The monoisotopic (exact) mass is 490 g/mol. The maximum absolute atomic E-state index is 14.2. The molecule has 1 aliphatic rings. The summed E-state index contributed by atoms with van der Waals surface area (Å²) in [6, 6.07) is 4.33. The second-order valence-corrected chi connectivity index (χ2v) is 7.24. The normalized spacial score (nSPS) is 16.6. The van der Waals surface area contributed by atoms with Gasteiger partial charge in [-0.1, -0.05) is 0 Å². The predicted octanol–water partition coefficient (Wildman–Crippen LogP) is 0.320. The maximum Gasteiger partial charge on any atom is 0.332 e. The summed E-state index contributed by atoms with van der Waals surface area (Å²) < 4.78 is 16.7. The van der Waals surface area contributed by atoms with E-state index in [1.807, 2.05) is 22.6 Å². The summed E-state index contributed by atoms with van der Waals surface area (Å²) in [6.07, 6.45) is -0.879. The van der Waals surface area contributed by atoms with Gasteiger partial charge in [0.1, 0.15) is 29.9 Å². The Labute approximate surface area is 166 Å². The van der Waals surface area contributed by atoms with Crippen molar-refractivity contribution < 1.29 is 19.1 Å². The molecule has 0 radical (unpaired) electrons. The first kappa shape index (κ1) is 19.5. The molecule has 1 atom stereocenters. The van der Waals surface area contributed by atoms with Gasteiger partial charge in [-0.3, -0.25) is 23.6 Å². The summed E-state index contributed by atoms with van der Waals surface area (Å²) in [7, 11) is 2.58. The number of hydroxylamine groups is 2. The topological polar surface area (TPSA) is 106 Å². The van der Waals surface area contributed by atoms with Gasteiger partial charge < -0.3 is 10.4 Å². The van der Waals surface area contributed by atoms with Gasteiger partial charge in [0.05, 0.1) is 12.2 Å². The van der Waals surface area contributed by atoms with E-state index in [0.717, 1.165) is 14.2 Å². The molecule has 144 valence electrons. The van der Waals surface area contributed by atoms with Gasteiger partial charge in [-0.2, -0.15) is 0 Å². The number of halogens is 2. The number of aliphatic hydroxyl groups excluding tert-OH is 1. The molecule has 27 heavy (non-hydrogen) atoms. The highest BCUT2D eigenvalue weighted by Crippen LogP contribution is 2.23. The number of nitrogens with one attached hydrogen (secondary N) is 1. The van der Waals surface area contributed by atoms with Crippen LogP contribution in [0.5, 0.6) is 0 Å². The van der Waals surface area contributed by atoms with E-state index in [1.165, 1.54) is 26.2 Å². The lowest BCUT2D eigenvalue weighted by atomic mass is 10.2. The molecule has 9 nitrogen and oxygen atoms in total. The molecule has 1 fully saturated rings. The van der Waals surface area contributed by atoms with Gasteiger partial charge in [-0.15, -0.1) is 0 Å². The molecule has 1 aliphatic heterocycles. The zero-order chi connectivity index (χ0) is 19.9. The summed E-state index contributed by atoms with van der Waals surface area (Å²) in [6.45, 7) is -0.214. The summed E-state index contributed by atoms with van der Waals surface area (Å²) in [5.74, 6) is -1.62. The number of benzene rings is 1. The molecule has 0 bridgehead atoms. The number of carbonyl (C=O) groups excluding carboxylic acids is 1. The van der Waals surface area contributed by atoms with Gasteiger partial charge >= 0.3 is 5.69 Å². The molecule has 1 aromatic carbocycles. The van der Waals surface area contributed by atoms with Gasteiger partial charge in [0, 0.05) is 17.7 Å². The van der Waals surface area contributed by atoms with Crippen LogP contribution in [-0.4, -0.2) is 44.5 Å². The largest absolute Gasteiger partial charge is 0.389 e. The van der Waals surface area contributed by atoms with Crippen molar-refractivity contribution in [3.8, 4) is 0 Å².